The third-order valence-electron chi connectivity index (χ3n) is 3.49. The Morgan fingerprint density at radius 1 is 0.889 bits per heavy atom. The average Bonchev–Trinajstić information content (AvgIpc) is 2.61. The van der Waals surface area contributed by atoms with E-state index < -0.39 is 11.9 Å². The minimum absolute atomic E-state index is 0.235. The van der Waals surface area contributed by atoms with E-state index in [9.17, 15) is 9.59 Å². The quantitative estimate of drug-likeness (QED) is 0.570. The van der Waals surface area contributed by atoms with Crippen molar-refractivity contribution in [1.82, 2.24) is 0 Å². The Balaban J connectivity index is 2.24. The minimum atomic E-state index is -0.524. The zero-order chi connectivity index (χ0) is 19.8. The molecule has 0 saturated heterocycles. The van der Waals surface area contributed by atoms with Gasteiger partial charge in [-0.05, 0) is 68.9 Å². The van der Waals surface area contributed by atoms with Gasteiger partial charge < -0.3 is 20.1 Å². The van der Waals surface area contributed by atoms with Crippen LogP contribution >= 0.6 is 12.2 Å². The smallest absolute Gasteiger partial charge is 0.338 e. The number of nitrogens with one attached hydrogen (secondary N) is 2. The zero-order valence-corrected chi connectivity index (χ0v) is 16.3. The van der Waals surface area contributed by atoms with Crippen molar-refractivity contribution < 1.29 is 19.1 Å². The van der Waals surface area contributed by atoms with Gasteiger partial charge in [0.2, 0.25) is 0 Å². The van der Waals surface area contributed by atoms with Crippen molar-refractivity contribution in [2.45, 2.75) is 20.8 Å². The molecule has 2 aromatic carbocycles. The van der Waals surface area contributed by atoms with Crippen molar-refractivity contribution in [1.29, 1.82) is 0 Å². The van der Waals surface area contributed by atoms with Gasteiger partial charge in [0.05, 0.1) is 24.3 Å². The molecule has 0 atom stereocenters. The predicted molar refractivity (Wildman–Crippen MR) is 109 cm³/mol. The Morgan fingerprint density at radius 3 is 1.96 bits per heavy atom. The van der Waals surface area contributed by atoms with Crippen molar-refractivity contribution in [2.75, 3.05) is 23.8 Å². The van der Waals surface area contributed by atoms with Crippen molar-refractivity contribution in [2.24, 2.45) is 0 Å². The second-order valence-corrected chi connectivity index (χ2v) is 6.10. The van der Waals surface area contributed by atoms with Crippen LogP contribution in [-0.2, 0) is 9.47 Å². The number of thiocarbonyl (C=S) groups is 1. The van der Waals surface area contributed by atoms with E-state index in [1.807, 2.05) is 31.2 Å². The number of aryl methyl sites for hydroxylation is 1. The molecule has 7 heteroatoms. The number of anilines is 2. The molecule has 0 aliphatic rings. The summed E-state index contributed by atoms with van der Waals surface area (Å²) in [5.41, 5.74) is 2.89. The Labute approximate surface area is 163 Å². The van der Waals surface area contributed by atoms with Crippen LogP contribution in [0.1, 0.15) is 40.1 Å². The summed E-state index contributed by atoms with van der Waals surface area (Å²) in [6.45, 7) is 5.88. The Hall–Kier alpha value is -2.93. The highest BCUT2D eigenvalue weighted by molar-refractivity contribution is 7.80. The summed E-state index contributed by atoms with van der Waals surface area (Å²) in [7, 11) is 0. The molecule has 0 spiro atoms. The van der Waals surface area contributed by atoms with Crippen molar-refractivity contribution in [3.05, 3.63) is 59.2 Å². The van der Waals surface area contributed by atoms with Crippen LogP contribution in [0.4, 0.5) is 11.4 Å². The zero-order valence-electron chi connectivity index (χ0n) is 15.5. The summed E-state index contributed by atoms with van der Waals surface area (Å²) in [6, 6.07) is 12.3. The van der Waals surface area contributed by atoms with Gasteiger partial charge in [-0.15, -0.1) is 0 Å². The lowest BCUT2D eigenvalue weighted by Crippen LogP contribution is -2.20. The minimum Gasteiger partial charge on any atom is -0.462 e. The summed E-state index contributed by atoms with van der Waals surface area (Å²) in [4.78, 5) is 24.2. The van der Waals surface area contributed by atoms with Gasteiger partial charge in [0.25, 0.3) is 0 Å². The number of ether oxygens (including phenoxy) is 2. The molecule has 0 saturated carbocycles. The van der Waals surface area contributed by atoms with Crippen LogP contribution in [0, 0.1) is 6.92 Å². The molecule has 0 fully saturated rings. The van der Waals surface area contributed by atoms with Gasteiger partial charge in [0.1, 0.15) is 0 Å². The van der Waals surface area contributed by atoms with Crippen LogP contribution < -0.4 is 10.6 Å². The van der Waals surface area contributed by atoms with Gasteiger partial charge in [0, 0.05) is 11.4 Å². The van der Waals surface area contributed by atoms with Crippen molar-refractivity contribution in [3.63, 3.8) is 0 Å². The van der Waals surface area contributed by atoms with E-state index in [2.05, 4.69) is 10.6 Å². The predicted octanol–water partition coefficient (Wildman–Crippen LogP) is 4.16. The number of benzene rings is 2. The molecule has 2 aromatic rings. The van der Waals surface area contributed by atoms with Crippen LogP contribution in [0.15, 0.2) is 42.5 Å². The molecule has 6 nitrogen and oxygen atoms in total. The number of hydrogen-bond donors (Lipinski definition) is 2. The highest BCUT2D eigenvalue weighted by Gasteiger charge is 2.15. The van der Waals surface area contributed by atoms with E-state index in [0.29, 0.717) is 10.8 Å². The topological polar surface area (TPSA) is 76.7 Å². The highest BCUT2D eigenvalue weighted by atomic mass is 32.1. The third kappa shape index (κ3) is 6.07. The van der Waals surface area contributed by atoms with Crippen LogP contribution in [0.2, 0.25) is 0 Å². The first-order valence-corrected chi connectivity index (χ1v) is 8.97. The molecular weight excluding hydrogens is 364 g/mol. The number of rotatable bonds is 6. The Morgan fingerprint density at radius 2 is 1.44 bits per heavy atom. The fraction of sp³-hybridized carbons (Fsp3) is 0.250. The number of hydrogen-bond acceptors (Lipinski definition) is 5. The second-order valence-electron chi connectivity index (χ2n) is 5.69. The largest absolute Gasteiger partial charge is 0.462 e. The monoisotopic (exact) mass is 386 g/mol. The maximum absolute atomic E-state index is 12.1. The molecule has 2 N–H and O–H groups in total. The fourth-order valence-electron chi connectivity index (χ4n) is 2.38. The normalized spacial score (nSPS) is 10.0. The third-order valence-corrected chi connectivity index (χ3v) is 3.69. The lowest BCUT2D eigenvalue weighted by molar-refractivity contribution is 0.0525. The van der Waals surface area contributed by atoms with Gasteiger partial charge in [-0.2, -0.15) is 0 Å². The van der Waals surface area contributed by atoms with E-state index in [1.54, 1.807) is 26.0 Å². The van der Waals surface area contributed by atoms with Crippen LogP contribution in [-0.4, -0.2) is 30.3 Å². The molecule has 142 valence electrons. The van der Waals surface area contributed by atoms with Crippen molar-refractivity contribution >= 4 is 40.6 Å². The van der Waals surface area contributed by atoms with E-state index in [1.165, 1.54) is 6.07 Å². The van der Waals surface area contributed by atoms with E-state index in [-0.39, 0.29) is 24.3 Å². The van der Waals surface area contributed by atoms with E-state index in [4.69, 9.17) is 21.7 Å². The first-order chi connectivity index (χ1) is 12.9. The second kappa shape index (κ2) is 9.68. The Bertz CT molecular complexity index is 815. The van der Waals surface area contributed by atoms with Crippen LogP contribution in [0.5, 0.6) is 0 Å². The van der Waals surface area contributed by atoms with Crippen molar-refractivity contribution in [3.8, 4) is 0 Å². The lowest BCUT2D eigenvalue weighted by atomic mass is 10.1. The average molecular weight is 386 g/mol. The van der Waals surface area contributed by atoms with Gasteiger partial charge >= 0.3 is 11.9 Å². The summed E-state index contributed by atoms with van der Waals surface area (Å²) in [5, 5.41) is 6.39. The summed E-state index contributed by atoms with van der Waals surface area (Å²) in [6.07, 6.45) is 0. The summed E-state index contributed by atoms with van der Waals surface area (Å²) in [5.74, 6) is -1.05. The Kier molecular flexibility index (Phi) is 7.31. The van der Waals surface area contributed by atoms with Gasteiger partial charge in [-0.1, -0.05) is 12.1 Å². The first-order valence-electron chi connectivity index (χ1n) is 8.57. The van der Waals surface area contributed by atoms with E-state index >= 15 is 0 Å². The molecule has 2 rings (SSSR count). The molecule has 27 heavy (non-hydrogen) atoms. The summed E-state index contributed by atoms with van der Waals surface area (Å²) < 4.78 is 10.0. The molecule has 0 heterocycles. The molecule has 0 amide bonds. The molecular formula is C20H22N2O4S. The SMILES string of the molecule is CCOC(=O)c1cc(NC(=S)Nc2cccc(C)c2)cc(C(=O)OCC)c1. The molecule has 0 aromatic heterocycles. The van der Waals surface area contributed by atoms with Crippen LogP contribution in [0.25, 0.3) is 0 Å². The number of carbonyl (C=O) groups excluding carboxylic acids is 2. The maximum Gasteiger partial charge on any atom is 0.338 e. The molecule has 0 radical (unpaired) electrons. The lowest BCUT2D eigenvalue weighted by Gasteiger charge is -2.13. The van der Waals surface area contributed by atoms with Crippen LogP contribution in [0.3, 0.4) is 0 Å². The first kappa shape index (κ1) is 20.4. The van der Waals surface area contributed by atoms with Gasteiger partial charge in [-0.3, -0.25) is 0 Å². The molecule has 0 unspecified atom stereocenters. The molecule has 0 bridgehead atoms. The van der Waals surface area contributed by atoms with Gasteiger partial charge in [0.15, 0.2) is 5.11 Å². The summed E-state index contributed by atoms with van der Waals surface area (Å²) >= 11 is 5.33. The number of carbonyl (C=O) groups is 2. The standard InChI is InChI=1S/C20H22N2O4S/c1-4-25-18(23)14-10-15(19(24)26-5-2)12-17(11-14)22-20(27)21-16-8-6-7-13(3)9-16/h6-12H,4-5H2,1-3H3,(H2,21,22,27). The molecule has 0 aliphatic carbocycles. The maximum atomic E-state index is 12.1. The fourth-order valence-corrected chi connectivity index (χ4v) is 2.62. The van der Waals surface area contributed by atoms with Gasteiger partial charge in [-0.25, -0.2) is 9.59 Å². The number of esters is 2. The van der Waals surface area contributed by atoms with E-state index in [0.717, 1.165) is 11.3 Å². The molecule has 0 aliphatic heterocycles. The highest BCUT2D eigenvalue weighted by Crippen LogP contribution is 2.18.